The lowest BCUT2D eigenvalue weighted by Gasteiger charge is -2.48. The highest BCUT2D eigenvalue weighted by Crippen LogP contribution is 2.37. The molecule has 16 nitrogen and oxygen atoms in total. The van der Waals surface area contributed by atoms with Gasteiger partial charge in [-0.1, -0.05) is 81.7 Å². The van der Waals surface area contributed by atoms with E-state index >= 15 is 0 Å². The molecule has 1 unspecified atom stereocenters. The van der Waals surface area contributed by atoms with Crippen LogP contribution in [0.5, 0.6) is 0 Å². The van der Waals surface area contributed by atoms with E-state index in [1.807, 2.05) is 24.3 Å². The van der Waals surface area contributed by atoms with Crippen molar-refractivity contribution in [1.29, 1.82) is 0 Å². The highest BCUT2D eigenvalue weighted by molar-refractivity contribution is 9.09. The van der Waals surface area contributed by atoms with Gasteiger partial charge in [0.05, 0.1) is 20.3 Å². The van der Waals surface area contributed by atoms with Gasteiger partial charge in [-0.05, 0) is 16.7 Å². The summed E-state index contributed by atoms with van der Waals surface area (Å²) in [5, 5.41) is 2.74. The van der Waals surface area contributed by atoms with Gasteiger partial charge in [0, 0.05) is 18.8 Å². The van der Waals surface area contributed by atoms with Gasteiger partial charge in [-0.25, -0.2) is 4.79 Å². The van der Waals surface area contributed by atoms with Gasteiger partial charge in [0.1, 0.15) is 54.1 Å². The van der Waals surface area contributed by atoms with Crippen molar-refractivity contribution in [1.82, 2.24) is 0 Å². The summed E-state index contributed by atoms with van der Waals surface area (Å²) in [6.07, 6.45) is -11.1. The zero-order valence-corrected chi connectivity index (χ0v) is 30.1. The van der Waals surface area contributed by atoms with E-state index in [2.05, 4.69) is 26.0 Å². The highest BCUT2D eigenvalue weighted by Gasteiger charge is 2.56. The smallest absolute Gasteiger partial charge is 0.339 e. The molecule has 0 amide bonds. The Morgan fingerprint density at radius 3 is 1.98 bits per heavy atom. The lowest BCUT2D eigenvalue weighted by Crippen LogP contribution is -2.66. The molecule has 276 valence electrons. The minimum Gasteiger partial charge on any atom is -0.467 e. The van der Waals surface area contributed by atoms with Crippen LogP contribution in [0.2, 0.25) is 0 Å². The molecule has 10 atom stereocenters. The molecular formula is C33H37BrClN3O13. The van der Waals surface area contributed by atoms with Crippen LogP contribution in [-0.4, -0.2) is 104 Å². The van der Waals surface area contributed by atoms with Crippen molar-refractivity contribution >= 4 is 51.4 Å². The van der Waals surface area contributed by atoms with Crippen LogP contribution in [0.3, 0.4) is 0 Å². The summed E-state index contributed by atoms with van der Waals surface area (Å²) in [5.41, 5.74) is 10.8. The number of alkyl halides is 2. The van der Waals surface area contributed by atoms with E-state index in [0.29, 0.717) is 0 Å². The molecule has 2 heterocycles. The molecule has 4 rings (SSSR count). The van der Waals surface area contributed by atoms with E-state index in [4.69, 9.17) is 54.2 Å². The number of carbonyl (C=O) groups is 4. The van der Waals surface area contributed by atoms with Crippen molar-refractivity contribution in [3.05, 3.63) is 82.2 Å². The third-order valence-corrected chi connectivity index (χ3v) is 8.68. The van der Waals surface area contributed by atoms with Gasteiger partial charge in [-0.2, -0.15) is 0 Å². The van der Waals surface area contributed by atoms with E-state index in [-0.39, 0.29) is 13.2 Å². The summed E-state index contributed by atoms with van der Waals surface area (Å²) < 4.78 is 53.0. The molecule has 0 aliphatic carbocycles. The second-order valence-electron chi connectivity index (χ2n) is 11.3. The van der Waals surface area contributed by atoms with Crippen molar-refractivity contribution in [2.45, 2.75) is 87.1 Å². The highest BCUT2D eigenvalue weighted by atomic mass is 79.9. The molecule has 0 saturated carbocycles. The fourth-order valence-electron chi connectivity index (χ4n) is 5.48. The van der Waals surface area contributed by atoms with Crippen LogP contribution in [0.4, 0.5) is 0 Å². The summed E-state index contributed by atoms with van der Waals surface area (Å²) in [4.78, 5) is 53.0. The Balaban J connectivity index is 1.82. The molecule has 0 bridgehead atoms. The predicted octanol–water partition coefficient (Wildman–Crippen LogP) is 3.88. The number of azide groups is 1. The Kier molecular flexibility index (Phi) is 15.5. The van der Waals surface area contributed by atoms with E-state index in [1.54, 1.807) is 36.4 Å². The summed E-state index contributed by atoms with van der Waals surface area (Å²) in [7, 11) is 1.11. The minimum atomic E-state index is -1.65. The van der Waals surface area contributed by atoms with E-state index in [0.717, 1.165) is 25.2 Å². The first-order valence-corrected chi connectivity index (χ1v) is 17.1. The zero-order chi connectivity index (χ0) is 36.9. The number of hydrogen-bond acceptors (Lipinski definition) is 14. The Morgan fingerprint density at radius 2 is 1.45 bits per heavy atom. The second kappa shape index (κ2) is 19.7. The SMILES string of the molecule is COC(=O)[C@H]1O[C@@H](OC2[C@@H](COC(C)=O)O[C@H](Br)[C@H](N=[N+]=[N-])[C@H]2OC(C)=O)[C@H](OCc2ccccc2)[C@@H](OCc2ccccc2)[C@@H]1OC(=O)CCl. The number of carbonyl (C=O) groups excluding carboxylic acids is 4. The first kappa shape index (κ1) is 40.0. The summed E-state index contributed by atoms with van der Waals surface area (Å²) in [6, 6.07) is 16.9. The lowest BCUT2D eigenvalue weighted by molar-refractivity contribution is -0.341. The maximum atomic E-state index is 13.3. The van der Waals surface area contributed by atoms with Crippen molar-refractivity contribution in [2.24, 2.45) is 5.11 Å². The number of benzene rings is 2. The van der Waals surface area contributed by atoms with Gasteiger partial charge in [0.25, 0.3) is 0 Å². The van der Waals surface area contributed by atoms with Crippen molar-refractivity contribution in [3.8, 4) is 0 Å². The van der Waals surface area contributed by atoms with Gasteiger partial charge in [0.2, 0.25) is 0 Å². The van der Waals surface area contributed by atoms with Crippen LogP contribution in [0.1, 0.15) is 25.0 Å². The molecule has 2 aliphatic rings. The third kappa shape index (κ3) is 11.1. The zero-order valence-electron chi connectivity index (χ0n) is 27.8. The summed E-state index contributed by atoms with van der Waals surface area (Å²) in [5.74, 6) is -3.80. The fraction of sp³-hybridized carbons (Fsp3) is 0.515. The minimum absolute atomic E-state index is 0.0325. The lowest BCUT2D eigenvalue weighted by atomic mass is 9.95. The predicted molar refractivity (Wildman–Crippen MR) is 179 cm³/mol. The molecule has 0 aromatic heterocycles. The van der Waals surface area contributed by atoms with Gasteiger partial charge in [-0.3, -0.25) is 14.4 Å². The molecule has 2 aromatic rings. The van der Waals surface area contributed by atoms with E-state index in [1.165, 1.54) is 6.92 Å². The van der Waals surface area contributed by atoms with Gasteiger partial charge in [0.15, 0.2) is 18.5 Å². The van der Waals surface area contributed by atoms with Crippen molar-refractivity contribution < 1.29 is 61.8 Å². The van der Waals surface area contributed by atoms with Crippen LogP contribution in [-0.2, 0) is 75.0 Å². The van der Waals surface area contributed by atoms with Crippen LogP contribution in [0.25, 0.3) is 10.4 Å². The van der Waals surface area contributed by atoms with E-state index in [9.17, 15) is 24.7 Å². The quantitative estimate of drug-likeness (QED) is 0.0629. The number of esters is 4. The maximum absolute atomic E-state index is 13.3. The number of nitrogens with zero attached hydrogens (tertiary/aromatic N) is 3. The number of methoxy groups -OCH3 is 1. The molecule has 18 heteroatoms. The number of halogens is 2. The van der Waals surface area contributed by atoms with Crippen molar-refractivity contribution in [3.63, 3.8) is 0 Å². The maximum Gasteiger partial charge on any atom is 0.339 e. The first-order valence-electron chi connectivity index (χ1n) is 15.7. The average molecular weight is 799 g/mol. The standard InChI is InChI=1S/C33H37BrClN3O13/c1-18(39)44-17-22-25(26(47-19(2)40)24(37-38-36)31(34)48-22)50-33-30(46-16-21-12-8-5-9-13-21)27(45-15-20-10-6-4-7-11-20)28(49-23(41)14-35)29(51-33)32(42)43-3/h4-13,22,24-31,33H,14-17H2,1-3H3/t22-,24-,25?,26-,27+,28+,29+,30-,31+,33-/m1/s1. The fourth-order valence-corrected chi connectivity index (χ4v) is 6.22. The Hall–Kier alpha value is -3.80. The Morgan fingerprint density at radius 1 is 0.843 bits per heavy atom. The molecule has 51 heavy (non-hydrogen) atoms. The van der Waals surface area contributed by atoms with Gasteiger partial charge >= 0.3 is 23.9 Å². The monoisotopic (exact) mass is 797 g/mol. The molecule has 0 radical (unpaired) electrons. The molecule has 2 saturated heterocycles. The number of rotatable bonds is 15. The molecule has 2 aromatic carbocycles. The normalized spacial score (nSPS) is 28.8. The second-order valence-corrected chi connectivity index (χ2v) is 12.4. The average Bonchev–Trinajstić information content (AvgIpc) is 3.12. The van der Waals surface area contributed by atoms with Crippen molar-refractivity contribution in [2.75, 3.05) is 19.6 Å². The summed E-state index contributed by atoms with van der Waals surface area (Å²) in [6.45, 7) is 1.87. The first-order chi connectivity index (χ1) is 24.6. The van der Waals surface area contributed by atoms with Crippen LogP contribution in [0, 0.1) is 0 Å². The van der Waals surface area contributed by atoms with Gasteiger partial charge < -0.3 is 42.6 Å². The third-order valence-electron chi connectivity index (χ3n) is 7.70. The molecular weight excluding hydrogens is 762 g/mol. The topological polar surface area (TPSA) is 200 Å². The molecule has 2 aliphatic heterocycles. The van der Waals surface area contributed by atoms with Gasteiger partial charge in [-0.15, -0.1) is 11.6 Å². The molecule has 2 fully saturated rings. The molecule has 0 N–H and O–H groups in total. The van der Waals surface area contributed by atoms with E-state index < -0.39 is 96.4 Å². The largest absolute Gasteiger partial charge is 0.467 e. The van der Waals surface area contributed by atoms with Crippen LogP contribution in [0.15, 0.2) is 65.8 Å². The number of hydrogen-bond donors (Lipinski definition) is 0. The van der Waals surface area contributed by atoms with Crippen LogP contribution < -0.4 is 0 Å². The Bertz CT molecular complexity index is 1520. The summed E-state index contributed by atoms with van der Waals surface area (Å²) >= 11 is 9.11. The molecule has 0 spiro atoms. The van der Waals surface area contributed by atoms with Crippen LogP contribution >= 0.6 is 27.5 Å². The number of ether oxygens (including phenoxy) is 9. The Labute approximate surface area is 306 Å².